The number of rotatable bonds is 6. The first-order valence-corrected chi connectivity index (χ1v) is 12.1. The fourth-order valence-electron chi connectivity index (χ4n) is 4.76. The zero-order valence-electron chi connectivity index (χ0n) is 20.8. The molecule has 1 aromatic carbocycles. The van der Waals surface area contributed by atoms with Crippen LogP contribution in [0.4, 0.5) is 5.69 Å². The van der Waals surface area contributed by atoms with Crippen LogP contribution in [0.25, 0.3) is 5.57 Å². The van der Waals surface area contributed by atoms with Crippen molar-refractivity contribution in [2.24, 2.45) is 5.41 Å². The topological polar surface area (TPSA) is 70.2 Å². The predicted molar refractivity (Wildman–Crippen MR) is 137 cm³/mol. The van der Waals surface area contributed by atoms with Crippen LogP contribution in [-0.2, 0) is 10.2 Å². The molecule has 1 saturated heterocycles. The Morgan fingerprint density at radius 2 is 2.09 bits per heavy atom. The van der Waals surface area contributed by atoms with E-state index in [9.17, 15) is 4.79 Å². The molecule has 2 aliphatic rings. The summed E-state index contributed by atoms with van der Waals surface area (Å²) in [6, 6.07) is 6.45. The second-order valence-corrected chi connectivity index (χ2v) is 10.9. The summed E-state index contributed by atoms with van der Waals surface area (Å²) in [7, 11) is 0. The summed E-state index contributed by atoms with van der Waals surface area (Å²) in [4.78, 5) is 22.4. The Kier molecular flexibility index (Phi) is 6.97. The summed E-state index contributed by atoms with van der Waals surface area (Å²) in [5.41, 5.74) is 5.15. The van der Waals surface area contributed by atoms with Crippen molar-refractivity contribution in [2.45, 2.75) is 52.4 Å². The third-order valence-corrected chi connectivity index (χ3v) is 7.03. The standard InChI is InChI=1S/C28H36N4O2/c1-6-22-18-29-25(30-22)26(33)31-24-8-7-21(28(4,5)19-32-13-15-34-16-14-32)17-23(24)20-9-11-27(2,3)12-10-20/h1,7-9,17-18H,10-16,19H2,2-5H3,(H,29,30)(H,31,33). The van der Waals surface area contributed by atoms with E-state index in [0.29, 0.717) is 11.1 Å². The maximum atomic E-state index is 12.9. The molecule has 0 unspecified atom stereocenters. The van der Waals surface area contributed by atoms with Crippen LogP contribution >= 0.6 is 0 Å². The number of hydrogen-bond acceptors (Lipinski definition) is 4. The molecule has 180 valence electrons. The van der Waals surface area contributed by atoms with E-state index in [-0.39, 0.29) is 17.1 Å². The molecule has 6 heteroatoms. The van der Waals surface area contributed by atoms with Gasteiger partial charge in [-0.1, -0.05) is 39.8 Å². The van der Waals surface area contributed by atoms with Crippen LogP contribution in [0.1, 0.15) is 74.4 Å². The lowest BCUT2D eigenvalue weighted by Crippen LogP contribution is -2.43. The second kappa shape index (κ2) is 9.77. The van der Waals surface area contributed by atoms with Crippen LogP contribution in [-0.4, -0.2) is 53.6 Å². The first-order chi connectivity index (χ1) is 16.2. The van der Waals surface area contributed by atoms with E-state index >= 15 is 0 Å². The number of nitrogens with zero attached hydrogens (tertiary/aromatic N) is 2. The number of morpholine rings is 1. The summed E-state index contributed by atoms with van der Waals surface area (Å²) >= 11 is 0. The van der Waals surface area contributed by atoms with E-state index in [2.05, 4.69) is 72.0 Å². The van der Waals surface area contributed by atoms with Crippen LogP contribution in [0.2, 0.25) is 0 Å². The van der Waals surface area contributed by atoms with Crippen molar-refractivity contribution >= 4 is 17.2 Å². The van der Waals surface area contributed by atoms with Gasteiger partial charge in [0.1, 0.15) is 5.69 Å². The summed E-state index contributed by atoms with van der Waals surface area (Å²) in [5.74, 6) is 2.38. The lowest BCUT2D eigenvalue weighted by atomic mass is 9.75. The van der Waals surface area contributed by atoms with Crippen molar-refractivity contribution in [3.63, 3.8) is 0 Å². The fourth-order valence-corrected chi connectivity index (χ4v) is 4.76. The number of hydrogen-bond donors (Lipinski definition) is 2. The summed E-state index contributed by atoms with van der Waals surface area (Å²) in [5, 5.41) is 3.07. The molecular formula is C28H36N4O2. The Morgan fingerprint density at radius 3 is 2.74 bits per heavy atom. The van der Waals surface area contributed by atoms with Crippen LogP contribution in [0.15, 0.2) is 30.5 Å². The maximum absolute atomic E-state index is 12.9. The van der Waals surface area contributed by atoms with Crippen molar-refractivity contribution in [3.05, 3.63) is 53.1 Å². The SMILES string of the molecule is C#Cc1c[nH]c(C(=O)Nc2ccc(C(C)(C)CN3CCOCC3)cc2C2=CCC(C)(C)CC2)n1. The highest BCUT2D eigenvalue weighted by molar-refractivity contribution is 6.03. The van der Waals surface area contributed by atoms with Gasteiger partial charge in [-0.15, -0.1) is 6.42 Å². The molecule has 1 amide bonds. The molecule has 2 N–H and O–H groups in total. The molecule has 0 radical (unpaired) electrons. The van der Waals surface area contributed by atoms with E-state index < -0.39 is 0 Å². The number of nitrogens with one attached hydrogen (secondary N) is 2. The first-order valence-electron chi connectivity index (χ1n) is 12.1. The van der Waals surface area contributed by atoms with Crippen molar-refractivity contribution in [3.8, 4) is 12.3 Å². The van der Waals surface area contributed by atoms with Gasteiger partial charge in [-0.25, -0.2) is 4.98 Å². The van der Waals surface area contributed by atoms with Crippen LogP contribution in [0.5, 0.6) is 0 Å². The van der Waals surface area contributed by atoms with Gasteiger partial charge in [0.05, 0.1) is 13.2 Å². The molecule has 0 bridgehead atoms. The van der Waals surface area contributed by atoms with Gasteiger partial charge in [-0.3, -0.25) is 9.69 Å². The molecule has 6 nitrogen and oxygen atoms in total. The first kappa shape index (κ1) is 24.3. The Bertz CT molecular complexity index is 1110. The van der Waals surface area contributed by atoms with Gasteiger partial charge >= 0.3 is 0 Å². The van der Waals surface area contributed by atoms with Gasteiger partial charge in [-0.2, -0.15) is 0 Å². The van der Waals surface area contributed by atoms with Crippen molar-refractivity contribution in [1.29, 1.82) is 0 Å². The van der Waals surface area contributed by atoms with Crippen molar-refractivity contribution < 1.29 is 9.53 Å². The number of allylic oxidation sites excluding steroid dienone is 2. The number of anilines is 1. The maximum Gasteiger partial charge on any atom is 0.291 e. The predicted octanol–water partition coefficient (Wildman–Crippen LogP) is 4.85. The van der Waals surface area contributed by atoms with Crippen LogP contribution in [0.3, 0.4) is 0 Å². The average molecular weight is 461 g/mol. The number of H-pyrrole nitrogens is 1. The van der Waals surface area contributed by atoms with E-state index in [0.717, 1.165) is 63.4 Å². The Hall–Kier alpha value is -2.88. The average Bonchev–Trinajstić information content (AvgIpc) is 3.29. The number of carbonyl (C=O) groups is 1. The number of terminal acetylenes is 1. The largest absolute Gasteiger partial charge is 0.379 e. The van der Waals surface area contributed by atoms with Crippen LogP contribution in [0, 0.1) is 17.8 Å². The zero-order chi connectivity index (χ0) is 24.3. The normalized spacial score (nSPS) is 18.7. The van der Waals surface area contributed by atoms with Gasteiger partial charge in [0, 0.05) is 42.5 Å². The summed E-state index contributed by atoms with van der Waals surface area (Å²) in [6.07, 6.45) is 12.5. The van der Waals surface area contributed by atoms with Gasteiger partial charge < -0.3 is 15.0 Å². The van der Waals surface area contributed by atoms with E-state index in [1.54, 1.807) is 6.20 Å². The molecule has 34 heavy (non-hydrogen) atoms. The highest BCUT2D eigenvalue weighted by Crippen LogP contribution is 2.41. The molecule has 2 heterocycles. The van der Waals surface area contributed by atoms with Crippen molar-refractivity contribution in [2.75, 3.05) is 38.2 Å². The summed E-state index contributed by atoms with van der Waals surface area (Å²) in [6.45, 7) is 13.7. The van der Waals surface area contributed by atoms with Gasteiger partial charge in [0.25, 0.3) is 5.91 Å². The summed E-state index contributed by atoms with van der Waals surface area (Å²) < 4.78 is 5.53. The minimum atomic E-state index is -0.292. The highest BCUT2D eigenvalue weighted by Gasteiger charge is 2.28. The fraction of sp³-hybridized carbons (Fsp3) is 0.500. The lowest BCUT2D eigenvalue weighted by Gasteiger charge is -2.36. The third-order valence-electron chi connectivity index (χ3n) is 7.03. The number of carbonyl (C=O) groups excluding carboxylic acids is 1. The lowest BCUT2D eigenvalue weighted by molar-refractivity contribution is 0.0295. The number of ether oxygens (including phenoxy) is 1. The Morgan fingerprint density at radius 1 is 1.32 bits per heavy atom. The van der Waals surface area contributed by atoms with E-state index in [1.165, 1.54) is 11.1 Å². The smallest absolute Gasteiger partial charge is 0.291 e. The van der Waals surface area contributed by atoms with Gasteiger partial charge in [-0.05, 0) is 53.9 Å². The molecule has 2 aromatic rings. The molecule has 0 atom stereocenters. The molecule has 4 rings (SSSR count). The molecule has 1 fully saturated rings. The monoisotopic (exact) mass is 460 g/mol. The van der Waals surface area contributed by atoms with Gasteiger partial charge in [0.15, 0.2) is 5.82 Å². The van der Waals surface area contributed by atoms with E-state index in [1.807, 2.05) is 6.07 Å². The molecule has 0 spiro atoms. The minimum absolute atomic E-state index is 0.0359. The number of aromatic amines is 1. The quantitative estimate of drug-likeness (QED) is 0.605. The zero-order valence-corrected chi connectivity index (χ0v) is 20.8. The number of amides is 1. The number of benzene rings is 1. The Labute approximate surface area is 203 Å². The molecule has 1 aliphatic carbocycles. The highest BCUT2D eigenvalue weighted by atomic mass is 16.5. The molecular weight excluding hydrogens is 424 g/mol. The molecule has 0 saturated carbocycles. The van der Waals surface area contributed by atoms with Crippen molar-refractivity contribution in [1.82, 2.24) is 14.9 Å². The second-order valence-electron chi connectivity index (χ2n) is 10.9. The van der Waals surface area contributed by atoms with Crippen LogP contribution < -0.4 is 5.32 Å². The number of aromatic nitrogens is 2. The van der Waals surface area contributed by atoms with Gasteiger partial charge in [0.2, 0.25) is 0 Å². The van der Waals surface area contributed by atoms with E-state index in [4.69, 9.17) is 11.2 Å². The minimum Gasteiger partial charge on any atom is -0.379 e. The number of imidazole rings is 1. The third kappa shape index (κ3) is 5.60. The molecule has 1 aromatic heterocycles. The Balaban J connectivity index is 1.64. The molecule has 1 aliphatic heterocycles.